The van der Waals surface area contributed by atoms with Gasteiger partial charge >= 0.3 is 0 Å². The summed E-state index contributed by atoms with van der Waals surface area (Å²) in [6.45, 7) is 3.03. The molecule has 1 saturated heterocycles. The number of hydrogen-bond acceptors (Lipinski definition) is 3. The first kappa shape index (κ1) is 7.88. The molecule has 0 spiro atoms. The number of amides is 1. The van der Waals surface area contributed by atoms with Crippen molar-refractivity contribution in [1.29, 1.82) is 0 Å². The fourth-order valence-electron chi connectivity index (χ4n) is 1.08. The highest BCUT2D eigenvalue weighted by atomic mass is 32.2. The Bertz CT molecular complexity index is 140. The van der Waals surface area contributed by atoms with E-state index in [2.05, 4.69) is 0 Å². The predicted molar refractivity (Wildman–Crippen MR) is 42.7 cm³/mol. The fraction of sp³-hybridized carbons (Fsp3) is 0.833. The van der Waals surface area contributed by atoms with Crippen LogP contribution in [0.1, 0.15) is 6.92 Å². The van der Waals surface area contributed by atoms with E-state index in [1.165, 1.54) is 0 Å². The van der Waals surface area contributed by atoms with Crippen LogP contribution >= 0.6 is 11.8 Å². The van der Waals surface area contributed by atoms with Crippen molar-refractivity contribution < 1.29 is 4.79 Å². The van der Waals surface area contributed by atoms with E-state index in [0.29, 0.717) is 6.54 Å². The third-order valence-electron chi connectivity index (χ3n) is 1.60. The van der Waals surface area contributed by atoms with E-state index in [4.69, 9.17) is 5.73 Å². The summed E-state index contributed by atoms with van der Waals surface area (Å²) >= 11 is 1.76. The Morgan fingerprint density at radius 1 is 1.90 bits per heavy atom. The number of hydrogen-bond donors (Lipinski definition) is 1. The van der Waals surface area contributed by atoms with Crippen molar-refractivity contribution in [3.63, 3.8) is 0 Å². The molecule has 0 bridgehead atoms. The van der Waals surface area contributed by atoms with Gasteiger partial charge < -0.3 is 10.6 Å². The Hall–Kier alpha value is -0.220. The first-order chi connectivity index (χ1) is 4.75. The quantitative estimate of drug-likeness (QED) is 0.581. The molecule has 1 rings (SSSR count). The molecule has 0 aromatic rings. The third-order valence-corrected chi connectivity index (χ3v) is 2.85. The first-order valence-corrected chi connectivity index (χ1v) is 4.39. The molecule has 0 saturated carbocycles. The second kappa shape index (κ2) is 3.25. The molecule has 2 N–H and O–H groups in total. The number of carbonyl (C=O) groups excluding carboxylic acids is 1. The van der Waals surface area contributed by atoms with Gasteiger partial charge in [0.25, 0.3) is 0 Å². The van der Waals surface area contributed by atoms with E-state index in [1.807, 2.05) is 4.90 Å². The maximum atomic E-state index is 10.9. The molecule has 0 aromatic heterocycles. The minimum Gasteiger partial charge on any atom is -0.329 e. The summed E-state index contributed by atoms with van der Waals surface area (Å²) in [5.74, 6) is 1.17. The first-order valence-electron chi connectivity index (χ1n) is 3.34. The van der Waals surface area contributed by atoms with Crippen LogP contribution < -0.4 is 5.73 Å². The predicted octanol–water partition coefficient (Wildman–Crippen LogP) is -0.133. The number of rotatable bonds is 1. The van der Waals surface area contributed by atoms with Gasteiger partial charge in [0.2, 0.25) is 5.91 Å². The topological polar surface area (TPSA) is 46.3 Å². The molecule has 1 unspecified atom stereocenters. The highest BCUT2D eigenvalue weighted by Crippen LogP contribution is 2.21. The molecule has 4 heteroatoms. The third kappa shape index (κ3) is 1.44. The average molecular weight is 160 g/mol. The van der Waals surface area contributed by atoms with Gasteiger partial charge in [-0.3, -0.25) is 4.79 Å². The summed E-state index contributed by atoms with van der Waals surface area (Å²) in [6, 6.07) is 0. The number of nitrogens with zero attached hydrogens (tertiary/aromatic N) is 1. The smallest absolute Gasteiger partial charge is 0.220 e. The standard InChI is InChI=1S/C6H12N2OS/c1-5(9)8-2-3-10-6(8)4-7/h6H,2-4,7H2,1H3. The van der Waals surface area contributed by atoms with Crippen LogP contribution in [-0.2, 0) is 4.79 Å². The van der Waals surface area contributed by atoms with Gasteiger partial charge in [0, 0.05) is 25.8 Å². The maximum absolute atomic E-state index is 10.9. The zero-order valence-corrected chi connectivity index (χ0v) is 6.86. The van der Waals surface area contributed by atoms with Crippen molar-refractivity contribution in [1.82, 2.24) is 4.90 Å². The zero-order chi connectivity index (χ0) is 7.56. The Labute approximate surface area is 64.9 Å². The number of carbonyl (C=O) groups is 1. The lowest BCUT2D eigenvalue weighted by molar-refractivity contribution is -0.128. The molecule has 3 nitrogen and oxygen atoms in total. The molecule has 1 heterocycles. The molecular weight excluding hydrogens is 148 g/mol. The van der Waals surface area contributed by atoms with E-state index in [9.17, 15) is 4.79 Å². The summed E-state index contributed by atoms with van der Waals surface area (Å²) in [7, 11) is 0. The van der Waals surface area contributed by atoms with Gasteiger partial charge in [-0.15, -0.1) is 11.8 Å². The monoisotopic (exact) mass is 160 g/mol. The lowest BCUT2D eigenvalue weighted by atomic mass is 10.4. The van der Waals surface area contributed by atoms with Crippen LogP contribution in [0.25, 0.3) is 0 Å². The van der Waals surface area contributed by atoms with Gasteiger partial charge in [-0.05, 0) is 0 Å². The van der Waals surface area contributed by atoms with E-state index < -0.39 is 0 Å². The number of nitrogens with two attached hydrogens (primary N) is 1. The summed E-state index contributed by atoms with van der Waals surface area (Å²) in [6.07, 6.45) is 0. The Morgan fingerprint density at radius 3 is 3.00 bits per heavy atom. The van der Waals surface area contributed by atoms with E-state index in [-0.39, 0.29) is 11.3 Å². The van der Waals surface area contributed by atoms with Gasteiger partial charge in [-0.25, -0.2) is 0 Å². The van der Waals surface area contributed by atoms with Crippen molar-refractivity contribution in [2.24, 2.45) is 5.73 Å². The van der Waals surface area contributed by atoms with Gasteiger partial charge in [0.05, 0.1) is 5.37 Å². The average Bonchev–Trinajstić information content (AvgIpc) is 2.33. The van der Waals surface area contributed by atoms with Crippen molar-refractivity contribution in [2.45, 2.75) is 12.3 Å². The van der Waals surface area contributed by atoms with Crippen LogP contribution in [0.15, 0.2) is 0 Å². The second-order valence-corrected chi connectivity index (χ2v) is 3.56. The van der Waals surface area contributed by atoms with Crippen LogP contribution in [0.4, 0.5) is 0 Å². The molecule has 0 aromatic carbocycles. The zero-order valence-electron chi connectivity index (χ0n) is 6.04. The van der Waals surface area contributed by atoms with Crippen LogP contribution in [0.3, 0.4) is 0 Å². The maximum Gasteiger partial charge on any atom is 0.220 e. The largest absolute Gasteiger partial charge is 0.329 e. The van der Waals surface area contributed by atoms with Gasteiger partial charge in [0.15, 0.2) is 0 Å². The Balaban J connectivity index is 2.50. The molecule has 58 valence electrons. The van der Waals surface area contributed by atoms with Crippen LogP contribution in [0.5, 0.6) is 0 Å². The van der Waals surface area contributed by atoms with Gasteiger partial charge in [-0.1, -0.05) is 0 Å². The minimum atomic E-state index is 0.139. The van der Waals surface area contributed by atoms with Gasteiger partial charge in [0.1, 0.15) is 0 Å². The minimum absolute atomic E-state index is 0.139. The van der Waals surface area contributed by atoms with Crippen LogP contribution in [-0.4, -0.2) is 35.0 Å². The van der Waals surface area contributed by atoms with Crippen molar-refractivity contribution >= 4 is 17.7 Å². The van der Waals surface area contributed by atoms with Crippen molar-refractivity contribution in [2.75, 3.05) is 18.8 Å². The lowest BCUT2D eigenvalue weighted by Crippen LogP contribution is -2.37. The molecule has 1 atom stereocenters. The summed E-state index contributed by atoms with van der Waals surface area (Å²) in [5, 5.41) is 0.234. The van der Waals surface area contributed by atoms with Crippen LogP contribution in [0, 0.1) is 0 Å². The second-order valence-electron chi connectivity index (χ2n) is 2.27. The molecule has 1 aliphatic rings. The molecule has 1 amide bonds. The lowest BCUT2D eigenvalue weighted by Gasteiger charge is -2.19. The number of thioether (sulfide) groups is 1. The van der Waals surface area contributed by atoms with Gasteiger partial charge in [-0.2, -0.15) is 0 Å². The van der Waals surface area contributed by atoms with Crippen molar-refractivity contribution in [3.05, 3.63) is 0 Å². The van der Waals surface area contributed by atoms with E-state index in [0.717, 1.165) is 12.3 Å². The Morgan fingerprint density at radius 2 is 2.60 bits per heavy atom. The summed E-state index contributed by atoms with van der Waals surface area (Å²) < 4.78 is 0. The van der Waals surface area contributed by atoms with Crippen LogP contribution in [0.2, 0.25) is 0 Å². The summed E-state index contributed by atoms with van der Waals surface area (Å²) in [4.78, 5) is 12.7. The van der Waals surface area contributed by atoms with Crippen molar-refractivity contribution in [3.8, 4) is 0 Å². The highest BCUT2D eigenvalue weighted by Gasteiger charge is 2.25. The normalized spacial score (nSPS) is 25.4. The molecule has 1 fully saturated rings. The molecular formula is C6H12N2OS. The fourth-order valence-corrected chi connectivity index (χ4v) is 2.22. The Kier molecular flexibility index (Phi) is 2.56. The highest BCUT2D eigenvalue weighted by molar-refractivity contribution is 8.00. The molecule has 0 aliphatic carbocycles. The molecule has 10 heavy (non-hydrogen) atoms. The van der Waals surface area contributed by atoms with E-state index in [1.54, 1.807) is 18.7 Å². The SMILES string of the molecule is CC(=O)N1CCSC1CN. The van der Waals surface area contributed by atoms with E-state index >= 15 is 0 Å². The summed E-state index contributed by atoms with van der Waals surface area (Å²) in [5.41, 5.74) is 5.45. The molecule has 1 aliphatic heterocycles. The molecule has 0 radical (unpaired) electrons.